The van der Waals surface area contributed by atoms with E-state index in [1.54, 1.807) is 10.9 Å². The van der Waals surface area contributed by atoms with Crippen LogP contribution in [-0.2, 0) is 22.6 Å². The molecule has 1 fully saturated rings. The fourth-order valence-corrected chi connectivity index (χ4v) is 1.91. The minimum atomic E-state index is -0.0742. The molecule has 1 saturated heterocycles. The Morgan fingerprint density at radius 3 is 3.33 bits per heavy atom. The van der Waals surface area contributed by atoms with E-state index in [9.17, 15) is 0 Å². The summed E-state index contributed by atoms with van der Waals surface area (Å²) in [7, 11) is 0. The van der Waals surface area contributed by atoms with Crippen LogP contribution in [0.25, 0.3) is 10.4 Å². The van der Waals surface area contributed by atoms with Gasteiger partial charge in [-0.15, -0.1) is 0 Å². The van der Waals surface area contributed by atoms with Crippen LogP contribution < -0.4 is 0 Å². The lowest BCUT2D eigenvalue weighted by molar-refractivity contribution is -0.163. The van der Waals surface area contributed by atoms with Crippen molar-refractivity contribution in [3.63, 3.8) is 0 Å². The van der Waals surface area contributed by atoms with Crippen LogP contribution in [0.2, 0.25) is 0 Å². The maximum Gasteiger partial charge on any atom is 0.157 e. The molecule has 0 bridgehead atoms. The van der Waals surface area contributed by atoms with Gasteiger partial charge < -0.3 is 9.47 Å². The van der Waals surface area contributed by atoms with E-state index < -0.39 is 0 Å². The van der Waals surface area contributed by atoms with Gasteiger partial charge >= 0.3 is 0 Å². The molecule has 0 aliphatic carbocycles. The van der Waals surface area contributed by atoms with Crippen molar-refractivity contribution in [2.24, 2.45) is 5.11 Å². The van der Waals surface area contributed by atoms with E-state index in [1.165, 1.54) is 0 Å². The number of nitrogens with zero attached hydrogens (tertiary/aromatic N) is 5. The maximum atomic E-state index is 8.29. The van der Waals surface area contributed by atoms with Crippen LogP contribution in [0.4, 0.5) is 0 Å². The van der Waals surface area contributed by atoms with Crippen molar-refractivity contribution in [3.8, 4) is 0 Å². The van der Waals surface area contributed by atoms with Gasteiger partial charge in [0.2, 0.25) is 0 Å². The average Bonchev–Trinajstić information content (AvgIpc) is 2.85. The van der Waals surface area contributed by atoms with Crippen LogP contribution in [0, 0.1) is 0 Å². The second-order valence-corrected chi connectivity index (χ2v) is 4.10. The quantitative estimate of drug-likeness (QED) is 0.441. The molecule has 0 aromatic carbocycles. The van der Waals surface area contributed by atoms with Crippen molar-refractivity contribution in [2.45, 2.75) is 38.6 Å². The van der Waals surface area contributed by atoms with Crippen molar-refractivity contribution in [1.82, 2.24) is 9.78 Å². The fraction of sp³-hybridized carbons (Fsp3) is 0.727. The van der Waals surface area contributed by atoms with E-state index >= 15 is 0 Å². The monoisotopic (exact) mass is 251 g/mol. The molecule has 7 heteroatoms. The Kier molecular flexibility index (Phi) is 5.01. The van der Waals surface area contributed by atoms with Crippen LogP contribution in [0.15, 0.2) is 17.4 Å². The molecular weight excluding hydrogens is 234 g/mol. The lowest BCUT2D eigenvalue weighted by Crippen LogP contribution is -2.24. The standard InChI is InChI=1S/C11H17N5O2/c12-15-13-9-10-4-5-14-16(10)6-8-18-11-3-1-2-7-17-11/h4-5,11H,1-3,6-9H2. The zero-order chi connectivity index (χ0) is 12.6. The van der Waals surface area contributed by atoms with E-state index in [0.717, 1.165) is 31.6 Å². The van der Waals surface area contributed by atoms with Gasteiger partial charge in [-0.1, -0.05) is 5.11 Å². The molecule has 1 aromatic rings. The highest BCUT2D eigenvalue weighted by Crippen LogP contribution is 2.13. The minimum Gasteiger partial charge on any atom is -0.353 e. The molecule has 2 heterocycles. The molecule has 0 amide bonds. The summed E-state index contributed by atoms with van der Waals surface area (Å²) in [5.41, 5.74) is 9.18. The lowest BCUT2D eigenvalue weighted by Gasteiger charge is -2.22. The van der Waals surface area contributed by atoms with Gasteiger partial charge in [-0.05, 0) is 30.9 Å². The third-order valence-electron chi connectivity index (χ3n) is 2.85. The van der Waals surface area contributed by atoms with Gasteiger partial charge in [0.25, 0.3) is 0 Å². The summed E-state index contributed by atoms with van der Waals surface area (Å²) in [5, 5.41) is 7.69. The summed E-state index contributed by atoms with van der Waals surface area (Å²) in [4.78, 5) is 2.74. The van der Waals surface area contributed by atoms with Crippen LogP contribution in [-0.4, -0.2) is 29.3 Å². The summed E-state index contributed by atoms with van der Waals surface area (Å²) in [5.74, 6) is 0. The first-order valence-electron chi connectivity index (χ1n) is 6.15. The Balaban J connectivity index is 1.75. The predicted molar refractivity (Wildman–Crippen MR) is 64.6 cm³/mol. The third kappa shape index (κ3) is 3.73. The number of aromatic nitrogens is 2. The van der Waals surface area contributed by atoms with Gasteiger partial charge in [0.05, 0.1) is 19.7 Å². The topological polar surface area (TPSA) is 85.0 Å². The fourth-order valence-electron chi connectivity index (χ4n) is 1.91. The van der Waals surface area contributed by atoms with Gasteiger partial charge in [0.1, 0.15) is 0 Å². The molecule has 0 radical (unpaired) electrons. The molecule has 1 aromatic heterocycles. The van der Waals surface area contributed by atoms with Crippen LogP contribution >= 0.6 is 0 Å². The molecule has 1 unspecified atom stereocenters. The number of azide groups is 1. The molecule has 1 atom stereocenters. The first kappa shape index (κ1) is 12.9. The summed E-state index contributed by atoms with van der Waals surface area (Å²) in [6, 6.07) is 1.84. The molecule has 1 aliphatic rings. The molecule has 2 rings (SSSR count). The number of hydrogen-bond donors (Lipinski definition) is 0. The van der Waals surface area contributed by atoms with Gasteiger partial charge in [0.15, 0.2) is 6.29 Å². The number of hydrogen-bond acceptors (Lipinski definition) is 4. The Morgan fingerprint density at radius 2 is 2.56 bits per heavy atom. The van der Waals surface area contributed by atoms with Gasteiger partial charge in [-0.3, -0.25) is 4.68 Å². The summed E-state index contributed by atoms with van der Waals surface area (Å²) in [6.07, 6.45) is 4.86. The van der Waals surface area contributed by atoms with E-state index in [-0.39, 0.29) is 6.29 Å². The second kappa shape index (κ2) is 7.00. The maximum absolute atomic E-state index is 8.29. The smallest absolute Gasteiger partial charge is 0.157 e. The average molecular weight is 251 g/mol. The molecule has 0 spiro atoms. The Morgan fingerprint density at radius 1 is 1.61 bits per heavy atom. The Labute approximate surface area is 105 Å². The summed E-state index contributed by atoms with van der Waals surface area (Å²) < 4.78 is 12.9. The van der Waals surface area contributed by atoms with Gasteiger partial charge in [-0.25, -0.2) is 0 Å². The number of rotatable bonds is 6. The predicted octanol–water partition coefficient (Wildman–Crippen LogP) is 2.24. The van der Waals surface area contributed by atoms with Gasteiger partial charge in [-0.2, -0.15) is 5.10 Å². The van der Waals surface area contributed by atoms with Crippen molar-refractivity contribution in [1.29, 1.82) is 0 Å². The first-order valence-corrected chi connectivity index (χ1v) is 6.15. The highest BCUT2D eigenvalue weighted by atomic mass is 16.7. The molecule has 1 aliphatic heterocycles. The summed E-state index contributed by atoms with van der Waals surface area (Å²) >= 11 is 0. The Hall–Kier alpha value is -1.56. The van der Waals surface area contributed by atoms with E-state index in [1.807, 2.05) is 6.07 Å². The lowest BCUT2D eigenvalue weighted by atomic mass is 10.2. The number of ether oxygens (including phenoxy) is 2. The van der Waals surface area contributed by atoms with Gasteiger partial charge in [0, 0.05) is 23.4 Å². The first-order chi connectivity index (χ1) is 8.90. The molecule has 18 heavy (non-hydrogen) atoms. The van der Waals surface area contributed by atoms with Crippen LogP contribution in [0.1, 0.15) is 25.0 Å². The molecule has 0 N–H and O–H groups in total. The highest BCUT2D eigenvalue weighted by Gasteiger charge is 2.13. The molecule has 7 nitrogen and oxygen atoms in total. The zero-order valence-electron chi connectivity index (χ0n) is 10.2. The Bertz CT molecular complexity index is 407. The largest absolute Gasteiger partial charge is 0.353 e. The van der Waals surface area contributed by atoms with Crippen molar-refractivity contribution in [2.75, 3.05) is 13.2 Å². The SMILES string of the molecule is [N-]=[N+]=NCc1ccnn1CCOC1CCCCO1. The minimum absolute atomic E-state index is 0.0742. The van der Waals surface area contributed by atoms with Crippen molar-refractivity contribution in [3.05, 3.63) is 28.4 Å². The summed E-state index contributed by atoms with van der Waals surface area (Å²) in [6.45, 7) is 2.30. The third-order valence-corrected chi connectivity index (χ3v) is 2.85. The van der Waals surface area contributed by atoms with E-state index in [4.69, 9.17) is 15.0 Å². The molecular formula is C11H17N5O2. The van der Waals surface area contributed by atoms with Crippen molar-refractivity contribution < 1.29 is 9.47 Å². The second-order valence-electron chi connectivity index (χ2n) is 4.10. The van der Waals surface area contributed by atoms with E-state index in [0.29, 0.717) is 19.7 Å². The normalized spacial score (nSPS) is 19.4. The molecule has 0 saturated carbocycles. The van der Waals surface area contributed by atoms with Crippen LogP contribution in [0.5, 0.6) is 0 Å². The van der Waals surface area contributed by atoms with Crippen molar-refractivity contribution >= 4 is 0 Å². The zero-order valence-corrected chi connectivity index (χ0v) is 10.2. The van der Waals surface area contributed by atoms with E-state index in [2.05, 4.69) is 15.1 Å². The molecule has 98 valence electrons. The van der Waals surface area contributed by atoms with Crippen LogP contribution in [0.3, 0.4) is 0 Å². The highest BCUT2D eigenvalue weighted by molar-refractivity contribution is 5.00.